The van der Waals surface area contributed by atoms with Gasteiger partial charge in [-0.3, -0.25) is 0 Å². The van der Waals surface area contributed by atoms with Crippen LogP contribution in [0.1, 0.15) is 26.7 Å². The monoisotopic (exact) mass is 274 g/mol. The normalized spacial score (nSPS) is 14.1. The van der Waals surface area contributed by atoms with Gasteiger partial charge in [0, 0.05) is 26.0 Å². The fourth-order valence-corrected chi connectivity index (χ4v) is 3.02. The third-order valence-corrected chi connectivity index (χ3v) is 4.60. The van der Waals surface area contributed by atoms with Gasteiger partial charge in [0.15, 0.2) is 0 Å². The molecule has 1 heterocycles. The lowest BCUT2D eigenvalue weighted by Crippen LogP contribution is -2.35. The van der Waals surface area contributed by atoms with Gasteiger partial charge in [-0.15, -0.1) is 0 Å². The maximum atomic E-state index is 11.9. The van der Waals surface area contributed by atoms with Gasteiger partial charge in [-0.25, -0.2) is 13.1 Å². The number of aryl methyl sites for hydroxylation is 1. The third-order valence-electron chi connectivity index (χ3n) is 3.19. The van der Waals surface area contributed by atoms with Crippen LogP contribution < -0.4 is 4.72 Å². The van der Waals surface area contributed by atoms with Crippen molar-refractivity contribution in [2.24, 2.45) is 13.0 Å². The summed E-state index contributed by atoms with van der Waals surface area (Å²) in [5.41, 5.74) is 0. The smallest absolute Gasteiger partial charge is 0.242 e. The lowest BCUT2D eigenvalue weighted by molar-refractivity contribution is 0.107. The number of hydrogen-bond donors (Lipinski definition) is 2. The molecule has 0 radical (unpaired) electrons. The van der Waals surface area contributed by atoms with Crippen LogP contribution in [0.15, 0.2) is 23.4 Å². The van der Waals surface area contributed by atoms with Gasteiger partial charge in [0.25, 0.3) is 0 Å². The Morgan fingerprint density at radius 2 is 2.00 bits per heavy atom. The zero-order chi connectivity index (χ0) is 13.8. The van der Waals surface area contributed by atoms with Crippen molar-refractivity contribution in [1.29, 1.82) is 0 Å². The highest BCUT2D eigenvalue weighted by Crippen LogP contribution is 2.14. The summed E-state index contributed by atoms with van der Waals surface area (Å²) in [5, 5.41) is 9.89. The van der Waals surface area contributed by atoms with Crippen molar-refractivity contribution < 1.29 is 13.5 Å². The molecule has 0 aliphatic rings. The topological polar surface area (TPSA) is 71.3 Å². The number of nitrogens with one attached hydrogen (secondary N) is 1. The average Bonchev–Trinajstić information content (AvgIpc) is 2.76. The first-order chi connectivity index (χ1) is 8.40. The van der Waals surface area contributed by atoms with E-state index in [0.29, 0.717) is 0 Å². The highest BCUT2D eigenvalue weighted by atomic mass is 32.2. The Morgan fingerprint density at radius 1 is 1.39 bits per heavy atom. The highest BCUT2D eigenvalue weighted by molar-refractivity contribution is 7.89. The number of rotatable bonds is 7. The Kier molecular flexibility index (Phi) is 5.37. The van der Waals surface area contributed by atoms with Gasteiger partial charge in [0.1, 0.15) is 0 Å². The van der Waals surface area contributed by atoms with Crippen LogP contribution in [0.5, 0.6) is 0 Å². The van der Waals surface area contributed by atoms with E-state index >= 15 is 0 Å². The lowest BCUT2D eigenvalue weighted by atomic mass is 9.97. The summed E-state index contributed by atoms with van der Waals surface area (Å²) in [6.07, 6.45) is 4.24. The van der Waals surface area contributed by atoms with E-state index in [-0.39, 0.29) is 17.4 Å². The summed E-state index contributed by atoms with van der Waals surface area (Å²) in [6, 6.07) is 1.53. The third kappa shape index (κ3) is 3.83. The van der Waals surface area contributed by atoms with E-state index in [1.54, 1.807) is 17.8 Å². The molecule has 1 aromatic rings. The number of aliphatic hydroxyl groups excluding tert-OH is 1. The molecular weight excluding hydrogens is 252 g/mol. The lowest BCUT2D eigenvalue weighted by Gasteiger charge is -2.20. The Balaban J connectivity index is 2.62. The van der Waals surface area contributed by atoms with Gasteiger partial charge >= 0.3 is 0 Å². The van der Waals surface area contributed by atoms with Crippen LogP contribution in [0.4, 0.5) is 0 Å². The first-order valence-electron chi connectivity index (χ1n) is 6.20. The zero-order valence-corrected chi connectivity index (χ0v) is 11.9. The molecule has 0 saturated carbocycles. The van der Waals surface area contributed by atoms with Crippen molar-refractivity contribution in [3.05, 3.63) is 18.5 Å². The fourth-order valence-electron chi connectivity index (χ4n) is 1.91. The molecule has 0 bridgehead atoms. The van der Waals surface area contributed by atoms with Crippen molar-refractivity contribution >= 4 is 10.0 Å². The Labute approximate surface area is 109 Å². The predicted octanol–water partition coefficient (Wildman–Crippen LogP) is 1.10. The summed E-state index contributed by atoms with van der Waals surface area (Å²) in [7, 11) is -1.75. The van der Waals surface area contributed by atoms with Crippen LogP contribution in [0.3, 0.4) is 0 Å². The van der Waals surface area contributed by atoms with Crippen molar-refractivity contribution in [3.63, 3.8) is 0 Å². The first kappa shape index (κ1) is 15.2. The maximum absolute atomic E-state index is 11.9. The molecule has 0 aliphatic carbocycles. The molecule has 0 amide bonds. The highest BCUT2D eigenvalue weighted by Gasteiger charge is 2.20. The number of aliphatic hydroxyl groups is 1. The summed E-state index contributed by atoms with van der Waals surface area (Å²) in [6.45, 7) is 4.04. The van der Waals surface area contributed by atoms with Crippen LogP contribution >= 0.6 is 0 Å². The summed E-state index contributed by atoms with van der Waals surface area (Å²) in [4.78, 5) is 0.224. The van der Waals surface area contributed by atoms with Gasteiger partial charge < -0.3 is 9.67 Å². The molecule has 5 nitrogen and oxygen atoms in total. The van der Waals surface area contributed by atoms with Crippen molar-refractivity contribution in [2.75, 3.05) is 6.54 Å². The molecule has 0 spiro atoms. The second-order valence-corrected chi connectivity index (χ2v) is 6.28. The molecule has 6 heteroatoms. The van der Waals surface area contributed by atoms with Crippen molar-refractivity contribution in [3.8, 4) is 0 Å². The molecule has 1 unspecified atom stereocenters. The van der Waals surface area contributed by atoms with E-state index in [1.165, 1.54) is 12.3 Å². The van der Waals surface area contributed by atoms with Gasteiger partial charge in [0.05, 0.1) is 11.0 Å². The van der Waals surface area contributed by atoms with Crippen LogP contribution in [0, 0.1) is 5.92 Å². The minimum Gasteiger partial charge on any atom is -0.391 e. The van der Waals surface area contributed by atoms with Crippen LogP contribution in [0.25, 0.3) is 0 Å². The maximum Gasteiger partial charge on any atom is 0.242 e. The van der Waals surface area contributed by atoms with E-state index in [0.717, 1.165) is 12.8 Å². The molecule has 2 N–H and O–H groups in total. The number of sulfonamides is 1. The van der Waals surface area contributed by atoms with E-state index in [2.05, 4.69) is 4.72 Å². The summed E-state index contributed by atoms with van der Waals surface area (Å²) in [5.74, 6) is 0.128. The van der Waals surface area contributed by atoms with E-state index < -0.39 is 16.1 Å². The molecule has 1 atom stereocenters. The second-order valence-electron chi connectivity index (χ2n) is 4.51. The van der Waals surface area contributed by atoms with Crippen molar-refractivity contribution in [1.82, 2.24) is 9.29 Å². The predicted molar refractivity (Wildman–Crippen MR) is 70.7 cm³/mol. The number of hydrogen-bond acceptors (Lipinski definition) is 3. The summed E-state index contributed by atoms with van der Waals surface area (Å²) >= 11 is 0. The summed E-state index contributed by atoms with van der Waals surface area (Å²) < 4.78 is 27.9. The van der Waals surface area contributed by atoms with Crippen LogP contribution in [-0.4, -0.2) is 30.7 Å². The van der Waals surface area contributed by atoms with Gasteiger partial charge in [-0.05, 0) is 12.0 Å². The molecule has 0 aromatic carbocycles. The Morgan fingerprint density at radius 3 is 2.44 bits per heavy atom. The minimum absolute atomic E-state index is 0.0591. The van der Waals surface area contributed by atoms with Crippen LogP contribution in [-0.2, 0) is 17.1 Å². The molecule has 1 rings (SSSR count). The Hall–Kier alpha value is -0.850. The average molecular weight is 274 g/mol. The first-order valence-corrected chi connectivity index (χ1v) is 7.68. The largest absolute Gasteiger partial charge is 0.391 e. The molecule has 1 aromatic heterocycles. The molecular formula is C12H22N2O3S. The minimum atomic E-state index is -3.52. The van der Waals surface area contributed by atoms with Crippen molar-refractivity contribution in [2.45, 2.75) is 37.7 Å². The second kappa shape index (κ2) is 6.36. The SMILES string of the molecule is CCC(CC)C(O)CNS(=O)(=O)c1ccn(C)c1. The fraction of sp³-hybridized carbons (Fsp3) is 0.667. The standard InChI is InChI=1S/C12H22N2O3S/c1-4-10(5-2)12(15)8-13-18(16,17)11-6-7-14(3)9-11/h6-7,9-10,12-13,15H,4-5,8H2,1-3H3. The quantitative estimate of drug-likeness (QED) is 0.782. The van der Waals surface area contributed by atoms with Gasteiger partial charge in [0.2, 0.25) is 10.0 Å². The van der Waals surface area contributed by atoms with E-state index in [9.17, 15) is 13.5 Å². The van der Waals surface area contributed by atoms with Crippen LogP contribution in [0.2, 0.25) is 0 Å². The molecule has 0 aliphatic heterocycles. The number of nitrogens with zero attached hydrogens (tertiary/aromatic N) is 1. The molecule has 0 fully saturated rings. The Bertz CT molecular complexity index is 463. The van der Waals surface area contributed by atoms with E-state index in [1.807, 2.05) is 13.8 Å². The molecule has 18 heavy (non-hydrogen) atoms. The molecule has 0 saturated heterocycles. The van der Waals surface area contributed by atoms with Gasteiger partial charge in [-0.2, -0.15) is 0 Å². The number of aromatic nitrogens is 1. The van der Waals surface area contributed by atoms with E-state index in [4.69, 9.17) is 0 Å². The zero-order valence-electron chi connectivity index (χ0n) is 11.1. The molecule has 104 valence electrons. The van der Waals surface area contributed by atoms with Gasteiger partial charge in [-0.1, -0.05) is 26.7 Å².